The van der Waals surface area contributed by atoms with Crippen molar-refractivity contribution in [1.29, 1.82) is 0 Å². The van der Waals surface area contributed by atoms with Crippen LogP contribution in [0.25, 0.3) is 0 Å². The molecule has 1 aromatic carbocycles. The lowest BCUT2D eigenvalue weighted by molar-refractivity contribution is -0.128. The van der Waals surface area contributed by atoms with Crippen molar-refractivity contribution in [2.75, 3.05) is 20.1 Å². The summed E-state index contributed by atoms with van der Waals surface area (Å²) >= 11 is 0. The van der Waals surface area contributed by atoms with Crippen LogP contribution in [0.4, 0.5) is 0 Å². The molecule has 88 valence electrons. The summed E-state index contributed by atoms with van der Waals surface area (Å²) in [5, 5.41) is 3.22. The van der Waals surface area contributed by atoms with Gasteiger partial charge in [-0.2, -0.15) is 0 Å². The molecule has 1 amide bonds. The first kappa shape index (κ1) is 12.7. The van der Waals surface area contributed by atoms with Gasteiger partial charge < -0.3 is 10.2 Å². The molecule has 0 heterocycles. The predicted molar refractivity (Wildman–Crippen MR) is 66.2 cm³/mol. The van der Waals surface area contributed by atoms with Crippen molar-refractivity contribution < 1.29 is 4.79 Å². The van der Waals surface area contributed by atoms with E-state index in [1.807, 2.05) is 32.2 Å². The van der Waals surface area contributed by atoms with Crippen LogP contribution in [0.5, 0.6) is 0 Å². The second kappa shape index (κ2) is 6.28. The molecule has 3 heteroatoms. The van der Waals surface area contributed by atoms with Crippen molar-refractivity contribution in [2.45, 2.75) is 19.9 Å². The first-order valence-corrected chi connectivity index (χ1v) is 5.67. The molecule has 1 N–H and O–H groups in total. The fourth-order valence-electron chi connectivity index (χ4n) is 1.41. The quantitative estimate of drug-likeness (QED) is 0.821. The van der Waals surface area contributed by atoms with Gasteiger partial charge in [0.1, 0.15) is 0 Å². The highest BCUT2D eigenvalue weighted by Crippen LogP contribution is 2.10. The number of amides is 1. The van der Waals surface area contributed by atoms with Crippen molar-refractivity contribution in [1.82, 2.24) is 10.2 Å². The number of carbonyl (C=O) groups is 1. The summed E-state index contributed by atoms with van der Waals surface area (Å²) in [6.07, 6.45) is 0. The number of nitrogens with one attached hydrogen (secondary N) is 1. The molecule has 0 radical (unpaired) electrons. The molecule has 0 unspecified atom stereocenters. The fraction of sp³-hybridized carbons (Fsp3) is 0.462. The van der Waals surface area contributed by atoms with Gasteiger partial charge in [0, 0.05) is 19.6 Å². The molecule has 0 fully saturated rings. The largest absolute Gasteiger partial charge is 0.345 e. The molecule has 16 heavy (non-hydrogen) atoms. The Kier molecular flexibility index (Phi) is 4.99. The van der Waals surface area contributed by atoms with Crippen LogP contribution in [-0.4, -0.2) is 30.9 Å². The van der Waals surface area contributed by atoms with Crippen LogP contribution in [0.3, 0.4) is 0 Å². The summed E-state index contributed by atoms with van der Waals surface area (Å²) in [5.74, 6) is 0.130. The average Bonchev–Trinajstić information content (AvgIpc) is 2.35. The lowest BCUT2D eigenvalue weighted by Crippen LogP contribution is -2.36. The van der Waals surface area contributed by atoms with Gasteiger partial charge in [-0.25, -0.2) is 0 Å². The topological polar surface area (TPSA) is 32.3 Å². The molecule has 1 rings (SSSR count). The van der Waals surface area contributed by atoms with E-state index in [0.29, 0.717) is 6.54 Å². The van der Waals surface area contributed by atoms with Crippen LogP contribution in [0.1, 0.15) is 25.5 Å². The van der Waals surface area contributed by atoms with Gasteiger partial charge in [-0.3, -0.25) is 4.79 Å². The fourth-order valence-corrected chi connectivity index (χ4v) is 1.41. The van der Waals surface area contributed by atoms with E-state index in [9.17, 15) is 4.79 Å². The summed E-state index contributed by atoms with van der Waals surface area (Å²) in [6, 6.07) is 10.3. The highest BCUT2D eigenvalue weighted by atomic mass is 16.2. The van der Waals surface area contributed by atoms with Gasteiger partial charge in [0.05, 0.1) is 6.54 Å². The Labute approximate surface area is 97.5 Å². The van der Waals surface area contributed by atoms with Crippen LogP contribution < -0.4 is 5.32 Å². The summed E-state index contributed by atoms with van der Waals surface area (Å²) in [7, 11) is 1.82. The maximum atomic E-state index is 11.6. The Balaban J connectivity index is 2.42. The molecule has 1 aromatic rings. The Morgan fingerprint density at radius 3 is 2.56 bits per heavy atom. The predicted octanol–water partition coefficient (Wildman–Crippen LogP) is 1.82. The maximum absolute atomic E-state index is 11.6. The minimum Gasteiger partial charge on any atom is -0.345 e. The smallest absolute Gasteiger partial charge is 0.236 e. The van der Waals surface area contributed by atoms with Gasteiger partial charge in [0.15, 0.2) is 0 Å². The van der Waals surface area contributed by atoms with Crippen molar-refractivity contribution in [2.24, 2.45) is 0 Å². The summed E-state index contributed by atoms with van der Waals surface area (Å²) in [5.41, 5.74) is 1.20. The van der Waals surface area contributed by atoms with Gasteiger partial charge in [0.2, 0.25) is 5.91 Å². The zero-order valence-electron chi connectivity index (χ0n) is 10.2. The molecule has 3 nitrogen and oxygen atoms in total. The number of hydrogen-bond acceptors (Lipinski definition) is 2. The van der Waals surface area contributed by atoms with Crippen molar-refractivity contribution >= 4 is 5.91 Å². The molecule has 0 spiro atoms. The van der Waals surface area contributed by atoms with Crippen LogP contribution in [-0.2, 0) is 4.79 Å². The van der Waals surface area contributed by atoms with E-state index in [1.54, 1.807) is 4.90 Å². The Morgan fingerprint density at radius 1 is 1.38 bits per heavy atom. The highest BCUT2D eigenvalue weighted by molar-refractivity contribution is 5.77. The minimum absolute atomic E-state index is 0.130. The van der Waals surface area contributed by atoms with Gasteiger partial charge in [-0.05, 0) is 19.4 Å². The number of nitrogens with zero attached hydrogens (tertiary/aromatic N) is 1. The number of hydrogen-bond donors (Lipinski definition) is 1. The van der Waals surface area contributed by atoms with Crippen LogP contribution >= 0.6 is 0 Å². The first-order chi connectivity index (χ1) is 7.65. The molecule has 0 aliphatic carbocycles. The summed E-state index contributed by atoms with van der Waals surface area (Å²) < 4.78 is 0. The Morgan fingerprint density at radius 2 is 2.00 bits per heavy atom. The van der Waals surface area contributed by atoms with Gasteiger partial charge in [-0.15, -0.1) is 0 Å². The first-order valence-electron chi connectivity index (χ1n) is 5.67. The lowest BCUT2D eigenvalue weighted by Gasteiger charge is -2.18. The van der Waals surface area contributed by atoms with Crippen molar-refractivity contribution in [3.63, 3.8) is 0 Å². The average molecular weight is 220 g/mol. The normalized spacial score (nSPS) is 12.2. The third-order valence-electron chi connectivity index (χ3n) is 2.76. The zero-order valence-corrected chi connectivity index (χ0v) is 10.2. The lowest BCUT2D eigenvalue weighted by atomic mass is 10.1. The molecule has 0 bridgehead atoms. The van der Waals surface area contributed by atoms with E-state index in [-0.39, 0.29) is 11.9 Å². The van der Waals surface area contributed by atoms with Gasteiger partial charge >= 0.3 is 0 Å². The molecule has 0 aliphatic rings. The standard InChI is InChI=1S/C13H20N2O/c1-4-15(3)13(16)10-14-11(2)12-8-6-5-7-9-12/h5-9,11,14H,4,10H2,1-3H3/t11-/m0/s1. The molecule has 1 atom stereocenters. The Bertz CT molecular complexity index is 324. The zero-order chi connectivity index (χ0) is 12.0. The molecule has 0 aromatic heterocycles. The van der Waals surface area contributed by atoms with Gasteiger partial charge in [-0.1, -0.05) is 30.3 Å². The van der Waals surface area contributed by atoms with E-state index in [2.05, 4.69) is 24.4 Å². The molecule has 0 aliphatic heterocycles. The third kappa shape index (κ3) is 3.66. The Hall–Kier alpha value is -1.35. The second-order valence-corrected chi connectivity index (χ2v) is 3.92. The summed E-state index contributed by atoms with van der Waals surface area (Å²) in [6.45, 7) is 5.17. The molecular weight excluding hydrogens is 200 g/mol. The molecular formula is C13H20N2O. The van der Waals surface area contributed by atoms with E-state index < -0.39 is 0 Å². The number of rotatable bonds is 5. The number of benzene rings is 1. The highest BCUT2D eigenvalue weighted by Gasteiger charge is 2.09. The summed E-state index contributed by atoms with van der Waals surface area (Å²) in [4.78, 5) is 13.3. The van der Waals surface area contributed by atoms with Crippen LogP contribution in [0, 0.1) is 0 Å². The minimum atomic E-state index is 0.130. The van der Waals surface area contributed by atoms with Gasteiger partial charge in [0.25, 0.3) is 0 Å². The van der Waals surface area contributed by atoms with Crippen molar-refractivity contribution in [3.05, 3.63) is 35.9 Å². The monoisotopic (exact) mass is 220 g/mol. The van der Waals surface area contributed by atoms with E-state index >= 15 is 0 Å². The molecule has 0 saturated carbocycles. The number of carbonyl (C=O) groups excluding carboxylic acids is 1. The number of likely N-dealkylation sites (N-methyl/N-ethyl adjacent to an activating group) is 1. The van der Waals surface area contributed by atoms with Crippen molar-refractivity contribution in [3.8, 4) is 0 Å². The molecule has 0 saturated heterocycles. The van der Waals surface area contributed by atoms with E-state index in [0.717, 1.165) is 6.54 Å². The van der Waals surface area contributed by atoms with Crippen LogP contribution in [0.15, 0.2) is 30.3 Å². The van der Waals surface area contributed by atoms with E-state index in [4.69, 9.17) is 0 Å². The maximum Gasteiger partial charge on any atom is 0.236 e. The third-order valence-corrected chi connectivity index (χ3v) is 2.76. The SMILES string of the molecule is CCN(C)C(=O)CN[C@@H](C)c1ccccc1. The van der Waals surface area contributed by atoms with E-state index in [1.165, 1.54) is 5.56 Å². The second-order valence-electron chi connectivity index (χ2n) is 3.92. The van der Waals surface area contributed by atoms with Crippen LogP contribution in [0.2, 0.25) is 0 Å².